The van der Waals surface area contributed by atoms with Crippen molar-refractivity contribution in [3.8, 4) is 0 Å². The van der Waals surface area contributed by atoms with Gasteiger partial charge in [0.05, 0.1) is 0 Å². The van der Waals surface area contributed by atoms with E-state index < -0.39 is 42.8 Å². The number of rotatable bonds is 2. The third kappa shape index (κ3) is 3.22. The van der Waals surface area contributed by atoms with Gasteiger partial charge in [0.15, 0.2) is 6.10 Å². The van der Waals surface area contributed by atoms with Crippen molar-refractivity contribution in [2.24, 2.45) is 10.7 Å². The topological polar surface area (TPSA) is 47.6 Å². The fraction of sp³-hybridized carbons (Fsp3) is 0.417. The number of nitrogens with two attached hydrogens (primary N) is 1. The van der Waals surface area contributed by atoms with Gasteiger partial charge in [-0.1, -0.05) is 0 Å². The quantitative estimate of drug-likeness (QED) is 0.590. The second kappa shape index (κ2) is 5.58. The summed E-state index contributed by atoms with van der Waals surface area (Å²) in [4.78, 5) is 3.62. The molecular formula is C12H10F5IN2O. The monoisotopic (exact) mass is 420 g/mol. The fourth-order valence-corrected chi connectivity index (χ4v) is 2.63. The number of benzene rings is 1. The number of hydrogen-bond donors (Lipinski definition) is 1. The molecule has 21 heavy (non-hydrogen) atoms. The maximum atomic E-state index is 13.9. The van der Waals surface area contributed by atoms with E-state index >= 15 is 0 Å². The molecule has 9 heteroatoms. The summed E-state index contributed by atoms with van der Waals surface area (Å²) in [6, 6.07) is 2.92. The molecule has 1 aliphatic heterocycles. The van der Waals surface area contributed by atoms with E-state index in [9.17, 15) is 22.0 Å². The van der Waals surface area contributed by atoms with Crippen LogP contribution in [0.2, 0.25) is 0 Å². The zero-order chi connectivity index (χ0) is 15.8. The van der Waals surface area contributed by atoms with Gasteiger partial charge in [0.1, 0.15) is 18.0 Å². The largest absolute Gasteiger partial charge is 0.452 e. The van der Waals surface area contributed by atoms with E-state index in [1.54, 1.807) is 0 Å². The average molecular weight is 420 g/mol. The Hall–Kier alpha value is -1.13. The van der Waals surface area contributed by atoms with Gasteiger partial charge in [-0.15, -0.1) is 0 Å². The first kappa shape index (κ1) is 16.2. The molecule has 0 unspecified atom stereocenters. The molecule has 3 nitrogen and oxygen atoms in total. The number of ether oxygens (including phenoxy) is 1. The lowest BCUT2D eigenvalue weighted by Gasteiger charge is -2.36. The summed E-state index contributed by atoms with van der Waals surface area (Å²) >= 11 is 1.85. The number of hydrogen-bond acceptors (Lipinski definition) is 3. The zero-order valence-electron chi connectivity index (χ0n) is 10.4. The first-order valence-electron chi connectivity index (χ1n) is 5.78. The molecule has 0 saturated carbocycles. The maximum Gasteiger partial charge on any atom is 0.425 e. The van der Waals surface area contributed by atoms with Gasteiger partial charge in [-0.3, -0.25) is 0 Å². The first-order chi connectivity index (χ1) is 9.68. The Balaban J connectivity index is 2.54. The molecule has 0 aliphatic carbocycles. The van der Waals surface area contributed by atoms with Gasteiger partial charge >= 0.3 is 6.18 Å². The molecule has 2 atom stereocenters. The van der Waals surface area contributed by atoms with Crippen LogP contribution < -0.4 is 5.73 Å². The molecule has 1 heterocycles. The van der Waals surface area contributed by atoms with Crippen molar-refractivity contribution in [2.75, 3.05) is 6.67 Å². The lowest BCUT2D eigenvalue weighted by Crippen LogP contribution is -2.48. The minimum absolute atomic E-state index is 0.266. The summed E-state index contributed by atoms with van der Waals surface area (Å²) in [6.45, 7) is -1.32. The lowest BCUT2D eigenvalue weighted by atomic mass is 9.85. The van der Waals surface area contributed by atoms with Gasteiger partial charge in [-0.25, -0.2) is 13.8 Å². The summed E-state index contributed by atoms with van der Waals surface area (Å²) < 4.78 is 70.9. The predicted octanol–water partition coefficient (Wildman–Crippen LogP) is 3.26. The van der Waals surface area contributed by atoms with Crippen molar-refractivity contribution >= 4 is 28.6 Å². The molecule has 0 amide bonds. The molecule has 0 bridgehead atoms. The van der Waals surface area contributed by atoms with Crippen LogP contribution in [0, 0.1) is 9.39 Å². The SMILES string of the molecule is NC1=N[C@](CF)(c2cc(I)ccc2F)C[C@@H](C(F)(F)F)O1. The fourth-order valence-electron chi connectivity index (χ4n) is 2.14. The molecule has 1 aliphatic rings. The van der Waals surface area contributed by atoms with E-state index in [1.165, 1.54) is 12.1 Å². The Morgan fingerprint density at radius 3 is 2.67 bits per heavy atom. The smallest absolute Gasteiger partial charge is 0.425 e. The molecule has 0 radical (unpaired) electrons. The van der Waals surface area contributed by atoms with Gasteiger partial charge in [0.25, 0.3) is 6.02 Å². The van der Waals surface area contributed by atoms with E-state index in [4.69, 9.17) is 5.73 Å². The van der Waals surface area contributed by atoms with Crippen molar-refractivity contribution in [1.29, 1.82) is 0 Å². The van der Waals surface area contributed by atoms with Crippen LogP contribution in [0.1, 0.15) is 12.0 Å². The number of nitrogens with zero attached hydrogens (tertiary/aromatic N) is 1. The highest BCUT2D eigenvalue weighted by Gasteiger charge is 2.52. The molecular weight excluding hydrogens is 410 g/mol. The van der Waals surface area contributed by atoms with Crippen LogP contribution in [0.3, 0.4) is 0 Å². The van der Waals surface area contributed by atoms with Crippen LogP contribution in [-0.2, 0) is 10.3 Å². The zero-order valence-corrected chi connectivity index (χ0v) is 12.6. The predicted molar refractivity (Wildman–Crippen MR) is 73.9 cm³/mol. The van der Waals surface area contributed by atoms with Gasteiger partial charge in [-0.2, -0.15) is 13.2 Å². The van der Waals surface area contributed by atoms with E-state index in [0.717, 1.165) is 6.07 Å². The Kier molecular flexibility index (Phi) is 4.31. The summed E-state index contributed by atoms with van der Waals surface area (Å²) in [6.07, 6.45) is -7.95. The van der Waals surface area contributed by atoms with Gasteiger partial charge < -0.3 is 10.5 Å². The molecule has 116 valence electrons. The number of amidine groups is 1. The van der Waals surface area contributed by atoms with Crippen LogP contribution in [0.5, 0.6) is 0 Å². The van der Waals surface area contributed by atoms with Gasteiger partial charge in [0, 0.05) is 15.6 Å². The molecule has 1 aromatic carbocycles. The highest BCUT2D eigenvalue weighted by Crippen LogP contribution is 2.41. The summed E-state index contributed by atoms with van der Waals surface area (Å²) in [5.74, 6) is -0.840. The second-order valence-electron chi connectivity index (χ2n) is 4.59. The molecule has 0 fully saturated rings. The standard InChI is InChI=1S/C12H10F5IN2O/c13-5-11(7-3-6(18)1-2-8(7)14)4-9(12(15,16)17)21-10(19)20-11/h1-3,9H,4-5H2,(H2,19,20)/t9-,11+/m0/s1. The summed E-state index contributed by atoms with van der Waals surface area (Å²) in [7, 11) is 0. The van der Waals surface area contributed by atoms with Crippen LogP contribution >= 0.6 is 22.6 Å². The third-order valence-corrected chi connectivity index (χ3v) is 3.80. The van der Waals surface area contributed by atoms with Crippen molar-refractivity contribution in [3.05, 3.63) is 33.1 Å². The molecule has 1 aromatic rings. The third-order valence-electron chi connectivity index (χ3n) is 3.13. The molecule has 0 spiro atoms. The number of halogens is 6. The van der Waals surface area contributed by atoms with E-state index in [0.29, 0.717) is 3.57 Å². The summed E-state index contributed by atoms with van der Waals surface area (Å²) in [5, 5.41) is 0. The second-order valence-corrected chi connectivity index (χ2v) is 5.84. The lowest BCUT2D eigenvalue weighted by molar-refractivity contribution is -0.209. The normalized spacial score (nSPS) is 26.2. The molecule has 2 N–H and O–H groups in total. The van der Waals surface area contributed by atoms with Crippen molar-refractivity contribution in [1.82, 2.24) is 0 Å². The Morgan fingerprint density at radius 2 is 2.10 bits per heavy atom. The maximum absolute atomic E-state index is 13.9. The molecule has 0 aromatic heterocycles. The minimum atomic E-state index is -4.75. The van der Waals surface area contributed by atoms with E-state index in [1.807, 2.05) is 22.6 Å². The van der Waals surface area contributed by atoms with Crippen LogP contribution in [0.25, 0.3) is 0 Å². The van der Waals surface area contributed by atoms with Crippen molar-refractivity contribution in [3.63, 3.8) is 0 Å². The Labute approximate surface area is 130 Å². The van der Waals surface area contributed by atoms with E-state index in [-0.39, 0.29) is 5.56 Å². The molecule has 2 rings (SSSR count). The summed E-state index contributed by atoms with van der Waals surface area (Å²) in [5.41, 5.74) is 2.93. The van der Waals surface area contributed by atoms with E-state index in [2.05, 4.69) is 9.73 Å². The number of aliphatic imine (C=N–C) groups is 1. The van der Waals surface area contributed by atoms with Crippen molar-refractivity contribution in [2.45, 2.75) is 24.2 Å². The Morgan fingerprint density at radius 1 is 1.43 bits per heavy atom. The highest BCUT2D eigenvalue weighted by molar-refractivity contribution is 14.1. The minimum Gasteiger partial charge on any atom is -0.452 e. The number of alkyl halides is 4. The Bertz CT molecular complexity index is 577. The highest BCUT2D eigenvalue weighted by atomic mass is 127. The molecule has 0 saturated heterocycles. The van der Waals surface area contributed by atoms with Crippen LogP contribution in [-0.4, -0.2) is 25.0 Å². The van der Waals surface area contributed by atoms with Crippen LogP contribution in [0.4, 0.5) is 22.0 Å². The van der Waals surface area contributed by atoms with Crippen LogP contribution in [0.15, 0.2) is 23.2 Å². The average Bonchev–Trinajstić information content (AvgIpc) is 2.39. The first-order valence-corrected chi connectivity index (χ1v) is 6.86. The van der Waals surface area contributed by atoms with Gasteiger partial charge in [0.2, 0.25) is 0 Å². The van der Waals surface area contributed by atoms with Crippen molar-refractivity contribution < 1.29 is 26.7 Å². The van der Waals surface area contributed by atoms with Gasteiger partial charge in [-0.05, 0) is 40.8 Å².